The molecule has 0 aliphatic heterocycles. The number of H-pyrrole nitrogens is 1. The first-order valence-corrected chi connectivity index (χ1v) is 7.74. The zero-order valence-corrected chi connectivity index (χ0v) is 14.1. The average Bonchev–Trinajstić information content (AvgIpc) is 3.04. The van der Waals surface area contributed by atoms with Crippen molar-refractivity contribution in [1.82, 2.24) is 9.97 Å². The second-order valence-electron chi connectivity index (χ2n) is 5.88. The number of aromatic hydroxyl groups is 1. The van der Waals surface area contributed by atoms with Crippen molar-refractivity contribution < 1.29 is 9.84 Å². The first-order valence-electron chi connectivity index (χ1n) is 7.74. The quantitative estimate of drug-likeness (QED) is 0.755. The summed E-state index contributed by atoms with van der Waals surface area (Å²) in [5.74, 6) is 1.31. The van der Waals surface area contributed by atoms with Gasteiger partial charge < -0.3 is 19.7 Å². The summed E-state index contributed by atoms with van der Waals surface area (Å²) in [5, 5.41) is 9.68. The van der Waals surface area contributed by atoms with Gasteiger partial charge in [-0.25, -0.2) is 4.98 Å². The van der Waals surface area contributed by atoms with Gasteiger partial charge in [-0.05, 0) is 35.9 Å². The molecule has 0 radical (unpaired) electrons. The molecule has 24 heavy (non-hydrogen) atoms. The van der Waals surface area contributed by atoms with Crippen LogP contribution >= 0.6 is 0 Å². The lowest BCUT2D eigenvalue weighted by Gasteiger charge is -2.12. The van der Waals surface area contributed by atoms with E-state index in [1.165, 1.54) is 18.4 Å². The van der Waals surface area contributed by atoms with Crippen molar-refractivity contribution in [3.05, 3.63) is 59.9 Å². The van der Waals surface area contributed by atoms with Crippen molar-refractivity contribution in [3.8, 4) is 22.9 Å². The molecule has 3 aromatic rings. The van der Waals surface area contributed by atoms with E-state index >= 15 is 0 Å². The number of nitrogens with one attached hydrogen (secondary N) is 1. The van der Waals surface area contributed by atoms with Gasteiger partial charge in [0.15, 0.2) is 11.5 Å². The standard InChI is InChI=1S/C19H21N3O2/c1-22(2)16-7-4-13(5-8-16)10-15-12-20-19(21-15)14-6-9-17(23)18(11-14)24-3/h4-9,11-12,23H,10H2,1-3H3,(H,20,21). The van der Waals surface area contributed by atoms with Crippen LogP contribution in [0.1, 0.15) is 11.3 Å². The van der Waals surface area contributed by atoms with Gasteiger partial charge in [-0.15, -0.1) is 0 Å². The fraction of sp³-hybridized carbons (Fsp3) is 0.211. The molecule has 0 atom stereocenters. The van der Waals surface area contributed by atoms with Crippen molar-refractivity contribution >= 4 is 5.69 Å². The third kappa shape index (κ3) is 3.35. The summed E-state index contributed by atoms with van der Waals surface area (Å²) < 4.78 is 5.14. The minimum absolute atomic E-state index is 0.119. The summed E-state index contributed by atoms with van der Waals surface area (Å²) in [6.07, 6.45) is 2.63. The summed E-state index contributed by atoms with van der Waals surface area (Å²) in [6.45, 7) is 0. The van der Waals surface area contributed by atoms with E-state index in [4.69, 9.17) is 4.74 Å². The van der Waals surface area contributed by atoms with Crippen LogP contribution in [0.2, 0.25) is 0 Å². The maximum Gasteiger partial charge on any atom is 0.161 e. The molecule has 124 valence electrons. The Kier molecular flexibility index (Phi) is 4.42. The Morgan fingerprint density at radius 2 is 1.88 bits per heavy atom. The summed E-state index contributed by atoms with van der Waals surface area (Å²) in [6, 6.07) is 13.7. The zero-order valence-electron chi connectivity index (χ0n) is 14.1. The number of aromatic amines is 1. The van der Waals surface area contributed by atoms with Gasteiger partial charge in [-0.2, -0.15) is 0 Å². The highest BCUT2D eigenvalue weighted by atomic mass is 16.5. The van der Waals surface area contributed by atoms with Gasteiger partial charge in [-0.3, -0.25) is 0 Å². The molecule has 5 heteroatoms. The number of aromatic nitrogens is 2. The van der Waals surface area contributed by atoms with Gasteiger partial charge in [0.25, 0.3) is 0 Å². The van der Waals surface area contributed by atoms with Gasteiger partial charge in [0, 0.05) is 43.7 Å². The van der Waals surface area contributed by atoms with Crippen LogP contribution in [-0.4, -0.2) is 36.3 Å². The van der Waals surface area contributed by atoms with Crippen molar-refractivity contribution in [3.63, 3.8) is 0 Å². The molecule has 0 unspecified atom stereocenters. The molecule has 5 nitrogen and oxygen atoms in total. The molecule has 3 rings (SSSR count). The Morgan fingerprint density at radius 1 is 1.12 bits per heavy atom. The second kappa shape index (κ2) is 6.66. The topological polar surface area (TPSA) is 61.4 Å². The minimum Gasteiger partial charge on any atom is -0.504 e. The molecule has 0 amide bonds. The van der Waals surface area contributed by atoms with E-state index in [0.717, 1.165) is 23.5 Å². The molecule has 0 fully saturated rings. The number of ether oxygens (including phenoxy) is 1. The van der Waals surface area contributed by atoms with Crippen LogP contribution in [0.15, 0.2) is 48.7 Å². The maximum absolute atomic E-state index is 9.68. The maximum atomic E-state index is 9.68. The van der Waals surface area contributed by atoms with E-state index in [-0.39, 0.29) is 5.75 Å². The van der Waals surface area contributed by atoms with Crippen LogP contribution in [0.5, 0.6) is 11.5 Å². The molecular formula is C19H21N3O2. The number of imidazole rings is 1. The molecule has 1 heterocycles. The fourth-order valence-corrected chi connectivity index (χ4v) is 2.55. The average molecular weight is 323 g/mol. The monoisotopic (exact) mass is 323 g/mol. The lowest BCUT2D eigenvalue weighted by Crippen LogP contribution is -2.08. The number of phenolic OH excluding ortho intramolecular Hbond substituents is 1. The Hall–Kier alpha value is -2.95. The second-order valence-corrected chi connectivity index (χ2v) is 5.88. The molecule has 2 aromatic carbocycles. The van der Waals surface area contributed by atoms with Gasteiger partial charge in [0.05, 0.1) is 7.11 Å². The summed E-state index contributed by atoms with van der Waals surface area (Å²) in [4.78, 5) is 9.84. The van der Waals surface area contributed by atoms with Crippen LogP contribution in [0, 0.1) is 0 Å². The molecule has 0 spiro atoms. The molecule has 0 aliphatic rings. The van der Waals surface area contributed by atoms with E-state index < -0.39 is 0 Å². The number of methoxy groups -OCH3 is 1. The normalized spacial score (nSPS) is 10.6. The number of benzene rings is 2. The SMILES string of the molecule is COc1cc(-c2ncc(Cc3ccc(N(C)C)cc3)[nH]2)ccc1O. The molecular weight excluding hydrogens is 302 g/mol. The van der Waals surface area contributed by atoms with Crippen LogP contribution in [-0.2, 0) is 6.42 Å². The smallest absolute Gasteiger partial charge is 0.161 e. The van der Waals surface area contributed by atoms with Crippen molar-refractivity contribution in [1.29, 1.82) is 0 Å². The highest BCUT2D eigenvalue weighted by Gasteiger charge is 2.08. The highest BCUT2D eigenvalue weighted by molar-refractivity contribution is 5.61. The third-order valence-corrected chi connectivity index (χ3v) is 3.93. The van der Waals surface area contributed by atoms with Gasteiger partial charge >= 0.3 is 0 Å². The van der Waals surface area contributed by atoms with Gasteiger partial charge in [0.2, 0.25) is 0 Å². The van der Waals surface area contributed by atoms with Crippen molar-refractivity contribution in [2.45, 2.75) is 6.42 Å². The van der Waals surface area contributed by atoms with Crippen LogP contribution in [0.3, 0.4) is 0 Å². The predicted octanol–water partition coefficient (Wildman–Crippen LogP) is 3.45. The van der Waals surface area contributed by atoms with Gasteiger partial charge in [0.1, 0.15) is 5.82 Å². The predicted molar refractivity (Wildman–Crippen MR) is 95.8 cm³/mol. The minimum atomic E-state index is 0.119. The first kappa shape index (κ1) is 15.9. The number of phenols is 1. The van der Waals surface area contributed by atoms with Crippen molar-refractivity contribution in [2.24, 2.45) is 0 Å². The number of hydrogen-bond donors (Lipinski definition) is 2. The summed E-state index contributed by atoms with van der Waals surface area (Å²) in [5.41, 5.74) is 4.31. The molecule has 2 N–H and O–H groups in total. The molecule has 0 bridgehead atoms. The van der Waals surface area contributed by atoms with Gasteiger partial charge in [-0.1, -0.05) is 12.1 Å². The zero-order chi connectivity index (χ0) is 17.1. The van der Waals surface area contributed by atoms with Crippen LogP contribution < -0.4 is 9.64 Å². The molecule has 0 saturated heterocycles. The summed E-state index contributed by atoms with van der Waals surface area (Å²) >= 11 is 0. The lowest BCUT2D eigenvalue weighted by molar-refractivity contribution is 0.373. The molecule has 1 aromatic heterocycles. The van der Waals surface area contributed by atoms with Crippen molar-refractivity contribution in [2.75, 3.05) is 26.1 Å². The first-order chi connectivity index (χ1) is 11.6. The Labute approximate surface area is 141 Å². The number of hydrogen-bond acceptors (Lipinski definition) is 4. The largest absolute Gasteiger partial charge is 0.504 e. The van der Waals surface area contributed by atoms with E-state index in [0.29, 0.717) is 5.75 Å². The Morgan fingerprint density at radius 3 is 2.54 bits per heavy atom. The van der Waals surface area contributed by atoms with E-state index in [1.807, 2.05) is 26.4 Å². The lowest BCUT2D eigenvalue weighted by atomic mass is 10.1. The molecule has 0 aliphatic carbocycles. The van der Waals surface area contributed by atoms with Crippen LogP contribution in [0.25, 0.3) is 11.4 Å². The highest BCUT2D eigenvalue weighted by Crippen LogP contribution is 2.30. The summed E-state index contributed by atoms with van der Waals surface area (Å²) in [7, 11) is 5.59. The Bertz CT molecular complexity index is 823. The number of nitrogens with zero attached hydrogens (tertiary/aromatic N) is 2. The van der Waals surface area contributed by atoms with Crippen LogP contribution in [0.4, 0.5) is 5.69 Å². The third-order valence-electron chi connectivity index (χ3n) is 3.93. The fourth-order valence-electron chi connectivity index (χ4n) is 2.55. The number of rotatable bonds is 5. The van der Waals surface area contributed by atoms with E-state index in [9.17, 15) is 5.11 Å². The molecule has 0 saturated carbocycles. The van der Waals surface area contributed by atoms with E-state index in [2.05, 4.69) is 39.1 Å². The van der Waals surface area contributed by atoms with E-state index in [1.54, 1.807) is 12.1 Å². The number of anilines is 1. The Balaban J connectivity index is 1.78.